The molecule has 0 saturated carbocycles. The van der Waals surface area contributed by atoms with Crippen molar-refractivity contribution in [2.24, 2.45) is 5.41 Å². The van der Waals surface area contributed by atoms with Crippen molar-refractivity contribution in [1.29, 1.82) is 0 Å². The van der Waals surface area contributed by atoms with Gasteiger partial charge in [-0.05, 0) is 37.8 Å². The molecule has 0 aromatic heterocycles. The summed E-state index contributed by atoms with van der Waals surface area (Å²) in [6.45, 7) is 2.69. The molecular formula is C15H17F5N2. The maximum atomic E-state index is 13.8. The summed E-state index contributed by atoms with van der Waals surface area (Å²) in [5.41, 5.74) is -0.679. The highest BCUT2D eigenvalue weighted by atomic mass is 19.2. The van der Waals surface area contributed by atoms with Crippen LogP contribution in [0.1, 0.15) is 24.8 Å². The molecule has 0 amide bonds. The van der Waals surface area contributed by atoms with Crippen LogP contribution in [-0.4, -0.2) is 31.1 Å². The van der Waals surface area contributed by atoms with E-state index >= 15 is 0 Å². The van der Waals surface area contributed by atoms with Gasteiger partial charge in [0.05, 0.1) is 0 Å². The number of rotatable bonds is 2. The highest BCUT2D eigenvalue weighted by Gasteiger charge is 2.38. The van der Waals surface area contributed by atoms with Gasteiger partial charge >= 0.3 is 0 Å². The molecule has 2 aliphatic rings. The predicted octanol–water partition coefficient (Wildman–Crippen LogP) is 2.96. The molecule has 1 aromatic rings. The first-order valence-electron chi connectivity index (χ1n) is 7.37. The molecule has 0 radical (unpaired) electrons. The van der Waals surface area contributed by atoms with Gasteiger partial charge in [0.1, 0.15) is 0 Å². The quantitative estimate of drug-likeness (QED) is 0.512. The minimum absolute atomic E-state index is 0.0579. The highest BCUT2D eigenvalue weighted by Crippen LogP contribution is 2.36. The summed E-state index contributed by atoms with van der Waals surface area (Å²) in [6, 6.07) is 0. The Kier molecular flexibility index (Phi) is 4.11. The fourth-order valence-corrected chi connectivity index (χ4v) is 3.60. The number of halogens is 5. The molecule has 0 bridgehead atoms. The third kappa shape index (κ3) is 2.60. The van der Waals surface area contributed by atoms with E-state index < -0.39 is 34.6 Å². The molecule has 1 aromatic carbocycles. The van der Waals surface area contributed by atoms with Gasteiger partial charge in [-0.15, -0.1) is 0 Å². The van der Waals surface area contributed by atoms with Crippen molar-refractivity contribution < 1.29 is 22.0 Å². The van der Waals surface area contributed by atoms with Gasteiger partial charge in [0, 0.05) is 25.2 Å². The van der Waals surface area contributed by atoms with Gasteiger partial charge in [-0.25, -0.2) is 22.0 Å². The van der Waals surface area contributed by atoms with E-state index in [2.05, 4.69) is 5.32 Å². The molecule has 0 aliphatic carbocycles. The second-order valence-corrected chi connectivity index (χ2v) is 6.29. The molecule has 122 valence electrons. The van der Waals surface area contributed by atoms with Crippen molar-refractivity contribution in [3.05, 3.63) is 34.6 Å². The fraction of sp³-hybridized carbons (Fsp3) is 0.600. The zero-order chi connectivity index (χ0) is 15.9. The Morgan fingerprint density at radius 3 is 2.14 bits per heavy atom. The number of piperidine rings is 1. The van der Waals surface area contributed by atoms with Gasteiger partial charge in [0.25, 0.3) is 0 Å². The number of nitrogens with one attached hydrogen (secondary N) is 1. The van der Waals surface area contributed by atoms with E-state index in [9.17, 15) is 22.0 Å². The van der Waals surface area contributed by atoms with E-state index in [1.165, 1.54) is 0 Å². The van der Waals surface area contributed by atoms with Gasteiger partial charge in [-0.2, -0.15) is 0 Å². The minimum Gasteiger partial charge on any atom is -0.316 e. The summed E-state index contributed by atoms with van der Waals surface area (Å²) in [6.07, 6.45) is 2.85. The Morgan fingerprint density at radius 1 is 0.909 bits per heavy atom. The summed E-state index contributed by atoms with van der Waals surface area (Å²) in [7, 11) is 0. The molecule has 2 saturated heterocycles. The highest BCUT2D eigenvalue weighted by molar-refractivity contribution is 5.24. The van der Waals surface area contributed by atoms with Crippen molar-refractivity contribution >= 4 is 0 Å². The van der Waals surface area contributed by atoms with E-state index in [0.29, 0.717) is 13.1 Å². The van der Waals surface area contributed by atoms with E-state index in [0.717, 1.165) is 32.4 Å². The Bertz CT molecular complexity index is 555. The Balaban J connectivity index is 1.84. The molecule has 2 aliphatic heterocycles. The molecule has 7 heteroatoms. The lowest BCUT2D eigenvalue weighted by atomic mass is 9.79. The first-order chi connectivity index (χ1) is 10.4. The van der Waals surface area contributed by atoms with Crippen LogP contribution in [0.25, 0.3) is 0 Å². The van der Waals surface area contributed by atoms with Gasteiger partial charge in [0.15, 0.2) is 23.3 Å². The van der Waals surface area contributed by atoms with Crippen molar-refractivity contribution in [2.45, 2.75) is 25.8 Å². The van der Waals surface area contributed by atoms with Crippen LogP contribution in [0.15, 0.2) is 0 Å². The minimum atomic E-state index is -2.10. The third-order valence-corrected chi connectivity index (χ3v) is 4.76. The van der Waals surface area contributed by atoms with Crippen LogP contribution in [0.5, 0.6) is 0 Å². The van der Waals surface area contributed by atoms with E-state index in [1.54, 1.807) is 4.90 Å². The average molecular weight is 320 g/mol. The van der Waals surface area contributed by atoms with Gasteiger partial charge < -0.3 is 5.32 Å². The molecule has 1 N–H and O–H groups in total. The molecule has 2 nitrogen and oxygen atoms in total. The lowest BCUT2D eigenvalue weighted by Gasteiger charge is -2.40. The Hall–Kier alpha value is -1.21. The number of hydrogen-bond donors (Lipinski definition) is 1. The summed E-state index contributed by atoms with van der Waals surface area (Å²) in [5.74, 6) is -9.29. The lowest BCUT2D eigenvalue weighted by Crippen LogP contribution is -2.44. The second-order valence-electron chi connectivity index (χ2n) is 6.29. The fourth-order valence-electron chi connectivity index (χ4n) is 3.60. The summed E-state index contributed by atoms with van der Waals surface area (Å²) >= 11 is 0. The van der Waals surface area contributed by atoms with Crippen LogP contribution in [-0.2, 0) is 6.54 Å². The summed E-state index contributed by atoms with van der Waals surface area (Å²) in [5, 5.41) is 3.27. The molecule has 1 atom stereocenters. The molecule has 0 unspecified atom stereocenters. The zero-order valence-corrected chi connectivity index (χ0v) is 12.0. The molecule has 1 spiro atoms. The van der Waals surface area contributed by atoms with Crippen molar-refractivity contribution in [3.8, 4) is 0 Å². The number of hydrogen-bond acceptors (Lipinski definition) is 2. The molecule has 22 heavy (non-hydrogen) atoms. The van der Waals surface area contributed by atoms with E-state index in [-0.39, 0.29) is 12.0 Å². The normalized spacial score (nSPS) is 26.0. The van der Waals surface area contributed by atoms with Gasteiger partial charge in [-0.1, -0.05) is 0 Å². The Morgan fingerprint density at radius 2 is 1.55 bits per heavy atom. The van der Waals surface area contributed by atoms with E-state index in [4.69, 9.17) is 0 Å². The predicted molar refractivity (Wildman–Crippen MR) is 70.7 cm³/mol. The molecule has 3 rings (SSSR count). The molecule has 2 heterocycles. The number of benzene rings is 1. The second kappa shape index (κ2) is 5.77. The third-order valence-electron chi connectivity index (χ3n) is 4.76. The maximum Gasteiger partial charge on any atom is 0.200 e. The van der Waals surface area contributed by atoms with E-state index in [1.807, 2.05) is 0 Å². The van der Waals surface area contributed by atoms with Crippen LogP contribution in [0.3, 0.4) is 0 Å². The molecule has 2 fully saturated rings. The first-order valence-corrected chi connectivity index (χ1v) is 7.37. The topological polar surface area (TPSA) is 15.3 Å². The lowest BCUT2D eigenvalue weighted by molar-refractivity contribution is 0.0951. The largest absolute Gasteiger partial charge is 0.316 e. The van der Waals surface area contributed by atoms with Crippen LogP contribution >= 0.6 is 0 Å². The van der Waals surface area contributed by atoms with Crippen LogP contribution in [0.4, 0.5) is 22.0 Å². The summed E-state index contributed by atoms with van der Waals surface area (Å²) < 4.78 is 67.1. The van der Waals surface area contributed by atoms with Crippen molar-refractivity contribution in [3.63, 3.8) is 0 Å². The van der Waals surface area contributed by atoms with Crippen LogP contribution < -0.4 is 5.32 Å². The van der Waals surface area contributed by atoms with Crippen molar-refractivity contribution in [1.82, 2.24) is 10.2 Å². The smallest absolute Gasteiger partial charge is 0.200 e. The first kappa shape index (κ1) is 15.7. The van der Waals surface area contributed by atoms with Crippen LogP contribution in [0.2, 0.25) is 0 Å². The maximum absolute atomic E-state index is 13.8. The monoisotopic (exact) mass is 320 g/mol. The standard InChI is InChI=1S/C15H17F5N2/c16-10-9(11(17)13(19)14(20)12(10)18)6-22-5-1-2-15(8-22)3-4-21-7-15/h21H,1-8H2/t15-/m0/s1. The zero-order valence-electron chi connectivity index (χ0n) is 12.0. The van der Waals surface area contributed by atoms with Gasteiger partial charge in [0.2, 0.25) is 5.82 Å². The van der Waals surface area contributed by atoms with Crippen molar-refractivity contribution in [2.75, 3.05) is 26.2 Å². The summed E-state index contributed by atoms with van der Waals surface area (Å²) in [4.78, 5) is 1.79. The van der Waals surface area contributed by atoms with Gasteiger partial charge in [-0.3, -0.25) is 4.90 Å². The average Bonchev–Trinajstić information content (AvgIpc) is 2.95. The number of likely N-dealkylation sites (tertiary alicyclic amines) is 1. The van der Waals surface area contributed by atoms with Crippen LogP contribution in [0, 0.1) is 34.5 Å². The SMILES string of the molecule is Fc1c(F)c(F)c(CN2CCC[C@@]3(CCNC3)C2)c(F)c1F. The molecular weight excluding hydrogens is 303 g/mol. The Labute approximate surface area is 125 Å². The number of nitrogens with zero attached hydrogens (tertiary/aromatic N) is 1.